The summed E-state index contributed by atoms with van der Waals surface area (Å²) in [5.41, 5.74) is 0.0558. The molecule has 7 heteroatoms. The van der Waals surface area contributed by atoms with E-state index < -0.39 is 0 Å². The summed E-state index contributed by atoms with van der Waals surface area (Å²) < 4.78 is 0. The zero-order valence-corrected chi connectivity index (χ0v) is 12.3. The maximum absolute atomic E-state index is 11.1. The maximum atomic E-state index is 11.1. The van der Waals surface area contributed by atoms with Gasteiger partial charge >= 0.3 is 0 Å². The molecular formula is C14H22N4O3. The highest BCUT2D eigenvalue weighted by Gasteiger charge is 2.22. The Kier molecular flexibility index (Phi) is 5.32. The number of hydrogen-bond donors (Lipinski definition) is 2. The molecule has 1 aliphatic heterocycles. The summed E-state index contributed by atoms with van der Waals surface area (Å²) in [6, 6.07) is 2.99. The fourth-order valence-electron chi connectivity index (χ4n) is 2.73. The van der Waals surface area contributed by atoms with Gasteiger partial charge in [0.15, 0.2) is 0 Å². The molecule has 7 nitrogen and oxygen atoms in total. The van der Waals surface area contributed by atoms with E-state index in [-0.39, 0.29) is 17.2 Å². The van der Waals surface area contributed by atoms with Gasteiger partial charge in [-0.2, -0.15) is 0 Å². The highest BCUT2D eigenvalue weighted by molar-refractivity contribution is 5.56. The van der Waals surface area contributed by atoms with E-state index >= 15 is 0 Å². The van der Waals surface area contributed by atoms with Gasteiger partial charge in [0.25, 0.3) is 5.69 Å². The van der Waals surface area contributed by atoms with Crippen LogP contribution in [0.2, 0.25) is 0 Å². The number of hydrogen-bond acceptors (Lipinski definition) is 6. The highest BCUT2D eigenvalue weighted by atomic mass is 16.6. The van der Waals surface area contributed by atoms with E-state index in [1.54, 1.807) is 0 Å². The number of aliphatic hydroxyl groups is 1. The van der Waals surface area contributed by atoms with Crippen LogP contribution in [0.15, 0.2) is 12.1 Å². The Morgan fingerprint density at radius 1 is 1.57 bits per heavy atom. The minimum absolute atomic E-state index is 0.0558. The van der Waals surface area contributed by atoms with Gasteiger partial charge in [0, 0.05) is 26.2 Å². The molecule has 0 radical (unpaired) electrons. The number of nitrogens with zero attached hydrogens (tertiary/aromatic N) is 3. The third-order valence-corrected chi connectivity index (χ3v) is 3.75. The summed E-state index contributed by atoms with van der Waals surface area (Å²) in [6.07, 6.45) is 2.88. The number of pyridine rings is 1. The van der Waals surface area contributed by atoms with E-state index in [4.69, 9.17) is 5.11 Å². The summed E-state index contributed by atoms with van der Waals surface area (Å²) >= 11 is 0. The van der Waals surface area contributed by atoms with Crippen LogP contribution < -0.4 is 10.2 Å². The molecule has 1 fully saturated rings. The van der Waals surface area contributed by atoms with Gasteiger partial charge < -0.3 is 15.3 Å². The molecule has 1 aromatic rings. The third kappa shape index (κ3) is 4.04. The predicted molar refractivity (Wildman–Crippen MR) is 81.7 cm³/mol. The lowest BCUT2D eigenvalue weighted by Gasteiger charge is -2.33. The first-order valence-electron chi connectivity index (χ1n) is 7.40. The molecule has 0 aliphatic carbocycles. The van der Waals surface area contributed by atoms with Crippen LogP contribution in [0, 0.1) is 16.0 Å². The molecule has 0 spiro atoms. The normalized spacial score (nSPS) is 18.6. The van der Waals surface area contributed by atoms with Crippen molar-refractivity contribution < 1.29 is 10.0 Å². The van der Waals surface area contributed by atoms with Crippen LogP contribution >= 0.6 is 0 Å². The van der Waals surface area contributed by atoms with Crippen molar-refractivity contribution in [2.45, 2.75) is 26.2 Å². The van der Waals surface area contributed by atoms with Gasteiger partial charge in [0.1, 0.15) is 11.6 Å². The Hall–Kier alpha value is -1.89. The Morgan fingerprint density at radius 3 is 3.05 bits per heavy atom. The second kappa shape index (κ2) is 7.21. The zero-order valence-electron chi connectivity index (χ0n) is 12.3. The van der Waals surface area contributed by atoms with E-state index in [0.717, 1.165) is 32.4 Å². The van der Waals surface area contributed by atoms with Crippen molar-refractivity contribution >= 4 is 17.3 Å². The van der Waals surface area contributed by atoms with Gasteiger partial charge in [0.2, 0.25) is 0 Å². The van der Waals surface area contributed by atoms with Crippen molar-refractivity contribution in [3.8, 4) is 0 Å². The first kappa shape index (κ1) is 15.5. The highest BCUT2D eigenvalue weighted by Crippen LogP contribution is 2.28. The Balaban J connectivity index is 2.22. The minimum atomic E-state index is -0.388. The third-order valence-electron chi connectivity index (χ3n) is 3.75. The van der Waals surface area contributed by atoms with Crippen LogP contribution in [0.3, 0.4) is 0 Å². The summed E-state index contributed by atoms with van der Waals surface area (Å²) in [5, 5.41) is 23.2. The molecule has 1 aliphatic rings. The summed E-state index contributed by atoms with van der Waals surface area (Å²) in [7, 11) is 0. The number of nitrogens with one attached hydrogen (secondary N) is 1. The lowest BCUT2D eigenvalue weighted by molar-refractivity contribution is -0.384. The molecule has 0 aromatic carbocycles. The van der Waals surface area contributed by atoms with Gasteiger partial charge in [0.05, 0.1) is 17.1 Å². The van der Waals surface area contributed by atoms with Crippen molar-refractivity contribution in [2.24, 2.45) is 5.92 Å². The van der Waals surface area contributed by atoms with E-state index in [9.17, 15) is 10.1 Å². The zero-order chi connectivity index (χ0) is 15.2. The van der Waals surface area contributed by atoms with Crippen LogP contribution in [0.1, 0.15) is 26.2 Å². The fraction of sp³-hybridized carbons (Fsp3) is 0.643. The van der Waals surface area contributed by atoms with E-state index in [1.807, 2.05) is 6.92 Å². The van der Waals surface area contributed by atoms with Gasteiger partial charge in [-0.1, -0.05) is 0 Å². The Labute approximate surface area is 124 Å². The lowest BCUT2D eigenvalue weighted by atomic mass is 9.95. The maximum Gasteiger partial charge on any atom is 0.276 e. The monoisotopic (exact) mass is 294 g/mol. The summed E-state index contributed by atoms with van der Waals surface area (Å²) in [6.45, 7) is 4.42. The molecule has 1 atom stereocenters. The molecular weight excluding hydrogens is 272 g/mol. The van der Waals surface area contributed by atoms with Gasteiger partial charge in [-0.05, 0) is 32.1 Å². The second-order valence-corrected chi connectivity index (χ2v) is 5.32. The number of anilines is 2. The average Bonchev–Trinajstić information content (AvgIpc) is 2.48. The molecule has 0 bridgehead atoms. The molecule has 1 unspecified atom stereocenters. The molecule has 2 N–H and O–H groups in total. The number of nitro groups is 1. The molecule has 1 saturated heterocycles. The average molecular weight is 294 g/mol. The van der Waals surface area contributed by atoms with Crippen LogP contribution in [-0.2, 0) is 0 Å². The SMILES string of the molecule is CCNc1cc([N+](=O)[O-])cc(N2CCCC(CCO)C2)n1. The molecule has 0 saturated carbocycles. The largest absolute Gasteiger partial charge is 0.396 e. The Bertz CT molecular complexity index is 493. The first-order chi connectivity index (χ1) is 10.1. The van der Waals surface area contributed by atoms with E-state index in [2.05, 4.69) is 15.2 Å². The van der Waals surface area contributed by atoms with Crippen LogP contribution in [0.25, 0.3) is 0 Å². The molecule has 21 heavy (non-hydrogen) atoms. The second-order valence-electron chi connectivity index (χ2n) is 5.32. The smallest absolute Gasteiger partial charge is 0.276 e. The quantitative estimate of drug-likeness (QED) is 0.616. The molecule has 1 aromatic heterocycles. The van der Waals surface area contributed by atoms with Gasteiger partial charge in [-0.25, -0.2) is 4.98 Å². The fourth-order valence-corrected chi connectivity index (χ4v) is 2.73. The number of aliphatic hydroxyl groups excluding tert-OH is 1. The van der Waals surface area contributed by atoms with Crippen molar-refractivity contribution in [1.29, 1.82) is 0 Å². The summed E-state index contributed by atoms with van der Waals surface area (Å²) in [5.74, 6) is 1.60. The van der Waals surface area contributed by atoms with Gasteiger partial charge in [-0.15, -0.1) is 0 Å². The van der Waals surface area contributed by atoms with Crippen LogP contribution in [0.5, 0.6) is 0 Å². The van der Waals surface area contributed by atoms with Crippen molar-refractivity contribution in [2.75, 3.05) is 36.5 Å². The van der Waals surface area contributed by atoms with Crippen LogP contribution in [-0.4, -0.2) is 41.3 Å². The van der Waals surface area contributed by atoms with E-state index in [0.29, 0.717) is 24.1 Å². The Morgan fingerprint density at radius 2 is 2.38 bits per heavy atom. The number of rotatable bonds is 6. The predicted octanol–water partition coefficient (Wildman–Crippen LogP) is 2.02. The van der Waals surface area contributed by atoms with Crippen molar-refractivity contribution in [1.82, 2.24) is 4.98 Å². The van der Waals surface area contributed by atoms with Gasteiger partial charge in [-0.3, -0.25) is 10.1 Å². The van der Waals surface area contributed by atoms with E-state index in [1.165, 1.54) is 12.1 Å². The molecule has 0 amide bonds. The molecule has 2 rings (SSSR count). The lowest BCUT2D eigenvalue weighted by Crippen LogP contribution is -2.36. The molecule has 116 valence electrons. The number of aromatic nitrogens is 1. The first-order valence-corrected chi connectivity index (χ1v) is 7.40. The van der Waals surface area contributed by atoms with Crippen molar-refractivity contribution in [3.05, 3.63) is 22.2 Å². The standard InChI is InChI=1S/C14H22N4O3/c1-2-15-13-8-12(18(20)21)9-14(16-13)17-6-3-4-11(10-17)5-7-19/h8-9,11,19H,2-7,10H2,1H3,(H,15,16). The minimum Gasteiger partial charge on any atom is -0.396 e. The molecule has 2 heterocycles. The van der Waals surface area contributed by atoms with Crippen LogP contribution in [0.4, 0.5) is 17.3 Å². The topological polar surface area (TPSA) is 91.5 Å². The number of piperidine rings is 1. The summed E-state index contributed by atoms with van der Waals surface area (Å²) in [4.78, 5) is 17.2. The van der Waals surface area contributed by atoms with Crippen molar-refractivity contribution in [3.63, 3.8) is 0 Å².